The van der Waals surface area contributed by atoms with E-state index in [-0.39, 0.29) is 30.0 Å². The second kappa shape index (κ2) is 14.8. The summed E-state index contributed by atoms with van der Waals surface area (Å²) in [6, 6.07) is 21.0. The molecule has 168 valence electrons. The molecule has 6 heteroatoms. The molecule has 0 spiro atoms. The van der Waals surface area contributed by atoms with E-state index in [1.54, 1.807) is 13.8 Å². The molecule has 0 saturated heterocycles. The molecule has 0 aliphatic rings. The lowest BCUT2D eigenvalue weighted by atomic mass is 10.2. The maximum atomic E-state index is 9.55. The van der Waals surface area contributed by atoms with Gasteiger partial charge in [-0.3, -0.25) is 0 Å². The first-order chi connectivity index (χ1) is 14.6. The molecule has 2 N–H and O–H groups in total. The first kappa shape index (κ1) is 27.9. The van der Waals surface area contributed by atoms with Crippen LogP contribution in [0.15, 0.2) is 60.7 Å². The Balaban J connectivity index is 0. The van der Waals surface area contributed by atoms with Gasteiger partial charge in [-0.05, 0) is 36.2 Å². The smallest absolute Gasteiger partial charge is 0.373 e. The van der Waals surface area contributed by atoms with Gasteiger partial charge >= 0.3 is 6.15 Å². The van der Waals surface area contributed by atoms with Crippen molar-refractivity contribution in [3.05, 3.63) is 60.7 Å². The number of hydrogen-bond acceptors (Lipinski definition) is 5. The fraction of sp³-hybridized carbons (Fsp3) is 0.458. The van der Waals surface area contributed by atoms with Crippen molar-refractivity contribution in [2.45, 2.75) is 66.2 Å². The standard InChI is InChI=1S/C19H26O2Si.C3H8O.CO2.CH4/c1-16(15-20)21-22(19(2,3)4,17-11-7-5-8-12-17)18-13-9-6-10-14-18;1-3(2)4;2-1-3;/h5-14,16,20H,15H2,1-4H3;3-4H,1-2H3;;1H4/t16-;;;/m0.../s1/i;;;1T. The summed E-state index contributed by atoms with van der Waals surface area (Å²) in [6.07, 6.45) is -0.105. The fourth-order valence-corrected chi connectivity index (χ4v) is 7.72. The Morgan fingerprint density at radius 3 is 1.50 bits per heavy atom. The van der Waals surface area contributed by atoms with Crippen LogP contribution in [0.4, 0.5) is 0 Å². The van der Waals surface area contributed by atoms with Crippen molar-refractivity contribution >= 4 is 24.8 Å². The van der Waals surface area contributed by atoms with E-state index in [1.165, 1.54) is 17.8 Å². The molecule has 2 aromatic carbocycles. The molecule has 0 unspecified atom stereocenters. The highest BCUT2D eigenvalue weighted by Crippen LogP contribution is 2.37. The van der Waals surface area contributed by atoms with Crippen LogP contribution in [0.2, 0.25) is 5.04 Å². The molecular formula is C24H38O5Si. The molecule has 0 radical (unpaired) electrons. The zero-order valence-electron chi connectivity index (χ0n) is 20.3. The van der Waals surface area contributed by atoms with Crippen LogP contribution in [0.5, 0.6) is 0 Å². The largest absolute Gasteiger partial charge is 0.402 e. The van der Waals surface area contributed by atoms with E-state index in [1.807, 2.05) is 19.1 Å². The Hall–Kier alpha value is -2.08. The predicted octanol–water partition coefficient (Wildman–Crippen LogP) is 3.38. The SMILES string of the molecule is CC(C)O.C[C@@H](CO)O[Si](c1ccccc1)(c1ccccc1)C(C)(C)C.O=C=O.[3H]C. The molecule has 0 amide bonds. The van der Waals surface area contributed by atoms with Gasteiger partial charge in [-0.1, -0.05) is 88.8 Å². The number of aliphatic hydroxyl groups is 2. The third-order valence-corrected chi connectivity index (χ3v) is 9.21. The molecule has 2 aromatic rings. The van der Waals surface area contributed by atoms with Crippen LogP contribution >= 0.6 is 0 Å². The van der Waals surface area contributed by atoms with Gasteiger partial charge in [0.25, 0.3) is 8.32 Å². The van der Waals surface area contributed by atoms with Crippen LogP contribution < -0.4 is 10.4 Å². The van der Waals surface area contributed by atoms with E-state index >= 15 is 0 Å². The normalized spacial score (nSPS) is 11.9. The van der Waals surface area contributed by atoms with E-state index in [4.69, 9.17) is 20.5 Å². The van der Waals surface area contributed by atoms with Crippen LogP contribution in [-0.2, 0) is 14.0 Å². The maximum absolute atomic E-state index is 9.55. The van der Waals surface area contributed by atoms with Gasteiger partial charge in [0, 0.05) is 7.47 Å². The van der Waals surface area contributed by atoms with E-state index in [2.05, 4.69) is 69.3 Å². The Kier molecular flexibility index (Phi) is 13.8. The quantitative estimate of drug-likeness (QED) is 0.702. The number of hydrogen-bond donors (Lipinski definition) is 2. The summed E-state index contributed by atoms with van der Waals surface area (Å²) in [5.74, 6) is 0. The second-order valence-corrected chi connectivity index (χ2v) is 12.2. The highest BCUT2D eigenvalue weighted by molar-refractivity contribution is 6.99. The van der Waals surface area contributed by atoms with Crippen LogP contribution in [0.25, 0.3) is 0 Å². The van der Waals surface area contributed by atoms with Gasteiger partial charge in [0.2, 0.25) is 0 Å². The zero-order valence-corrected chi connectivity index (χ0v) is 20.3. The van der Waals surface area contributed by atoms with Crippen molar-refractivity contribution in [3.63, 3.8) is 0 Å². The molecule has 0 heterocycles. The van der Waals surface area contributed by atoms with E-state index in [9.17, 15) is 5.11 Å². The van der Waals surface area contributed by atoms with Gasteiger partial charge in [0.05, 0.1) is 12.7 Å². The van der Waals surface area contributed by atoms with Gasteiger partial charge in [0.1, 0.15) is 0 Å². The fourth-order valence-electron chi connectivity index (χ4n) is 3.03. The molecule has 0 aliphatic heterocycles. The Morgan fingerprint density at radius 2 is 1.27 bits per heavy atom. The molecule has 1 atom stereocenters. The van der Waals surface area contributed by atoms with Crippen LogP contribution in [0, 0.1) is 0 Å². The van der Waals surface area contributed by atoms with E-state index in [0.29, 0.717) is 0 Å². The topological polar surface area (TPSA) is 83.8 Å². The van der Waals surface area contributed by atoms with Crippen molar-refractivity contribution in [2.75, 3.05) is 6.61 Å². The average Bonchev–Trinajstić information content (AvgIpc) is 2.74. The van der Waals surface area contributed by atoms with Crippen LogP contribution in [0.1, 0.15) is 50.3 Å². The average molecular weight is 437 g/mol. The molecule has 0 bridgehead atoms. The maximum Gasteiger partial charge on any atom is 0.373 e. The lowest BCUT2D eigenvalue weighted by molar-refractivity contribution is -0.191. The minimum Gasteiger partial charge on any atom is -0.402 e. The van der Waals surface area contributed by atoms with Crippen molar-refractivity contribution < 1.29 is 25.6 Å². The van der Waals surface area contributed by atoms with Crippen molar-refractivity contribution in [3.8, 4) is 0 Å². The van der Waals surface area contributed by atoms with Crippen molar-refractivity contribution in [1.82, 2.24) is 0 Å². The third kappa shape index (κ3) is 9.16. The summed E-state index contributed by atoms with van der Waals surface area (Å²) in [6.45, 7) is 12.1. The molecular weight excluding hydrogens is 396 g/mol. The zero-order chi connectivity index (χ0) is 24.5. The molecule has 0 aromatic heterocycles. The Morgan fingerprint density at radius 1 is 0.967 bits per heavy atom. The van der Waals surface area contributed by atoms with Crippen LogP contribution in [0.3, 0.4) is 0 Å². The van der Waals surface area contributed by atoms with Crippen molar-refractivity contribution in [2.24, 2.45) is 0 Å². The summed E-state index contributed by atoms with van der Waals surface area (Å²) >= 11 is 0. The van der Waals surface area contributed by atoms with Gasteiger partial charge in [-0.15, -0.1) is 0 Å². The summed E-state index contributed by atoms with van der Waals surface area (Å²) in [7, 11) is -1.24. The summed E-state index contributed by atoms with van der Waals surface area (Å²) in [4.78, 5) is 16.2. The number of carbonyl (C=O) groups excluding carboxylic acids is 2. The van der Waals surface area contributed by atoms with Crippen LogP contribution in [-0.4, -0.2) is 43.5 Å². The highest BCUT2D eigenvalue weighted by atomic mass is 28.4. The molecule has 0 fully saturated rings. The summed E-state index contributed by atoms with van der Waals surface area (Å²) in [5, 5.41) is 20.1. The molecule has 2 rings (SSSR count). The van der Waals surface area contributed by atoms with Gasteiger partial charge < -0.3 is 14.6 Å². The highest BCUT2D eigenvalue weighted by Gasteiger charge is 2.50. The minimum absolute atomic E-state index is 0.0322. The molecule has 0 saturated carbocycles. The monoisotopic (exact) mass is 436 g/mol. The lowest BCUT2D eigenvalue weighted by Gasteiger charge is -2.44. The predicted molar refractivity (Wildman–Crippen MR) is 124 cm³/mol. The third-order valence-electron chi connectivity index (χ3n) is 4.05. The second-order valence-electron chi connectivity index (χ2n) is 7.95. The van der Waals surface area contributed by atoms with Gasteiger partial charge in [0.15, 0.2) is 0 Å². The van der Waals surface area contributed by atoms with Gasteiger partial charge in [-0.2, -0.15) is 9.59 Å². The first-order valence-corrected chi connectivity index (χ1v) is 11.5. The number of aliphatic hydroxyl groups excluding tert-OH is 2. The molecule has 5 nitrogen and oxygen atoms in total. The summed E-state index contributed by atoms with van der Waals surface area (Å²) in [5.41, 5.74) is 0. The van der Waals surface area contributed by atoms with E-state index < -0.39 is 8.32 Å². The van der Waals surface area contributed by atoms with Crippen molar-refractivity contribution in [1.29, 1.82) is 0 Å². The minimum atomic E-state index is -2.49. The van der Waals surface area contributed by atoms with Gasteiger partial charge in [-0.25, -0.2) is 0 Å². The van der Waals surface area contributed by atoms with E-state index in [0.717, 1.165) is 0 Å². The Bertz CT molecular complexity index is 669. The number of rotatable bonds is 5. The summed E-state index contributed by atoms with van der Waals surface area (Å²) < 4.78 is 12.4. The Labute approximate surface area is 184 Å². The molecule has 30 heavy (non-hydrogen) atoms. The number of benzene rings is 2. The lowest BCUT2D eigenvalue weighted by Crippen LogP contribution is -2.67. The molecule has 0 aliphatic carbocycles. The first-order valence-electron chi connectivity index (χ1n) is 10.6.